The molecule has 1 amide bonds. The highest BCUT2D eigenvalue weighted by Gasteiger charge is 2.32. The molecule has 0 N–H and O–H groups in total. The van der Waals surface area contributed by atoms with E-state index in [0.29, 0.717) is 37.6 Å². The first kappa shape index (κ1) is 20.3. The second kappa shape index (κ2) is 7.84. The molecule has 0 radical (unpaired) electrons. The van der Waals surface area contributed by atoms with Crippen LogP contribution in [0.3, 0.4) is 0 Å². The highest BCUT2D eigenvalue weighted by Crippen LogP contribution is 2.29. The molecule has 2 aliphatic heterocycles. The molecular formula is C23H25FN4O2S. The minimum Gasteiger partial charge on any atom is -0.473 e. The van der Waals surface area contributed by atoms with Crippen LogP contribution in [0.2, 0.25) is 0 Å². The zero-order chi connectivity index (χ0) is 21.7. The van der Waals surface area contributed by atoms with Crippen molar-refractivity contribution in [2.75, 3.05) is 6.54 Å². The van der Waals surface area contributed by atoms with Gasteiger partial charge >= 0.3 is 0 Å². The zero-order valence-electron chi connectivity index (χ0n) is 17.9. The van der Waals surface area contributed by atoms with E-state index in [-0.39, 0.29) is 23.9 Å². The highest BCUT2D eigenvalue weighted by molar-refractivity contribution is 7.18. The number of carbonyl (C=O) groups excluding carboxylic acids is 1. The molecule has 2 aliphatic rings. The van der Waals surface area contributed by atoms with Gasteiger partial charge in [0, 0.05) is 50.7 Å². The van der Waals surface area contributed by atoms with Crippen LogP contribution < -0.4 is 4.74 Å². The summed E-state index contributed by atoms with van der Waals surface area (Å²) in [6.07, 6.45) is 0.858. The molecule has 6 nitrogen and oxygen atoms in total. The summed E-state index contributed by atoms with van der Waals surface area (Å²) >= 11 is 1.52. The van der Waals surface area contributed by atoms with Gasteiger partial charge in [0.25, 0.3) is 0 Å². The molecule has 1 saturated heterocycles. The smallest absolute Gasteiger partial charge is 0.220 e. The van der Waals surface area contributed by atoms with Gasteiger partial charge in [0.05, 0.1) is 27.5 Å². The van der Waals surface area contributed by atoms with E-state index >= 15 is 0 Å². The molecule has 31 heavy (non-hydrogen) atoms. The van der Waals surface area contributed by atoms with E-state index in [1.807, 2.05) is 25.1 Å². The van der Waals surface area contributed by atoms with Gasteiger partial charge in [-0.05, 0) is 37.6 Å². The normalized spacial score (nSPS) is 21.1. The third-order valence-corrected chi connectivity index (χ3v) is 7.11. The lowest BCUT2D eigenvalue weighted by atomic mass is 10.1. The van der Waals surface area contributed by atoms with Gasteiger partial charge in [-0.3, -0.25) is 9.69 Å². The maximum atomic E-state index is 14.7. The summed E-state index contributed by atoms with van der Waals surface area (Å²) in [6.45, 7) is 8.06. The molecular weight excluding hydrogens is 415 g/mol. The van der Waals surface area contributed by atoms with Crippen molar-refractivity contribution >= 4 is 27.5 Å². The SMILES string of the molecule is CC(=O)N1Cc2ccc(OC3C[C@H](C)N(Cc4cc5nc(C)sc5cc4F)C3)nc2C1. The van der Waals surface area contributed by atoms with Crippen molar-refractivity contribution < 1.29 is 13.9 Å². The minimum absolute atomic E-state index is 0.000766. The van der Waals surface area contributed by atoms with Crippen LogP contribution in [-0.2, 0) is 24.4 Å². The number of thiazole rings is 1. The lowest BCUT2D eigenvalue weighted by molar-refractivity contribution is -0.129. The van der Waals surface area contributed by atoms with Crippen LogP contribution >= 0.6 is 11.3 Å². The minimum atomic E-state index is -0.178. The fourth-order valence-electron chi connectivity index (χ4n) is 4.49. The number of nitrogens with zero attached hydrogens (tertiary/aromatic N) is 4. The monoisotopic (exact) mass is 440 g/mol. The van der Waals surface area contributed by atoms with Crippen molar-refractivity contribution in [2.45, 2.75) is 59.0 Å². The fraction of sp³-hybridized carbons (Fsp3) is 0.435. The Morgan fingerprint density at radius 3 is 2.94 bits per heavy atom. The summed E-state index contributed by atoms with van der Waals surface area (Å²) < 4.78 is 21.7. The van der Waals surface area contributed by atoms with E-state index in [2.05, 4.69) is 21.8 Å². The van der Waals surface area contributed by atoms with Gasteiger partial charge in [-0.2, -0.15) is 0 Å². The molecule has 162 valence electrons. The Balaban J connectivity index is 1.26. The predicted octanol–water partition coefficient (Wildman–Crippen LogP) is 4.04. The van der Waals surface area contributed by atoms with Crippen LogP contribution in [0.15, 0.2) is 24.3 Å². The summed E-state index contributed by atoms with van der Waals surface area (Å²) in [4.78, 5) is 24.8. The molecule has 1 fully saturated rings. The topological polar surface area (TPSA) is 58.6 Å². The maximum Gasteiger partial charge on any atom is 0.220 e. The number of rotatable bonds is 4. The van der Waals surface area contributed by atoms with Gasteiger partial charge in [-0.25, -0.2) is 14.4 Å². The van der Waals surface area contributed by atoms with Crippen molar-refractivity contribution in [3.05, 3.63) is 51.9 Å². The number of halogens is 1. The van der Waals surface area contributed by atoms with Crippen molar-refractivity contribution in [1.29, 1.82) is 0 Å². The number of hydrogen-bond donors (Lipinski definition) is 0. The molecule has 0 bridgehead atoms. The Labute approximate surface area is 184 Å². The quantitative estimate of drug-likeness (QED) is 0.613. The number of likely N-dealkylation sites (tertiary alicyclic amines) is 1. The van der Waals surface area contributed by atoms with Crippen molar-refractivity contribution in [2.24, 2.45) is 0 Å². The summed E-state index contributed by atoms with van der Waals surface area (Å²) in [5.41, 5.74) is 3.52. The standard InChI is InChI=1S/C23H25FN4O2S/c1-13-6-18(30-23-5-4-16-9-28(15(3)29)12-21(16)26-23)11-27(13)10-17-7-20-22(8-19(17)24)31-14(2)25-20/h4-5,7-8,13,18H,6,9-12H2,1-3H3/t13-,18?/m0/s1. The van der Waals surface area contributed by atoms with Crippen LogP contribution in [0.1, 0.15) is 42.1 Å². The number of benzene rings is 1. The lowest BCUT2D eigenvalue weighted by Crippen LogP contribution is -2.28. The summed E-state index contributed by atoms with van der Waals surface area (Å²) in [7, 11) is 0. The van der Waals surface area contributed by atoms with E-state index in [9.17, 15) is 9.18 Å². The van der Waals surface area contributed by atoms with E-state index < -0.39 is 0 Å². The molecule has 0 spiro atoms. The molecule has 8 heteroatoms. The molecule has 3 aromatic rings. The molecule has 0 saturated carbocycles. The maximum absolute atomic E-state index is 14.7. The highest BCUT2D eigenvalue weighted by atomic mass is 32.1. The zero-order valence-corrected chi connectivity index (χ0v) is 18.7. The van der Waals surface area contributed by atoms with E-state index in [4.69, 9.17) is 4.74 Å². The number of carbonyl (C=O) groups is 1. The molecule has 5 rings (SSSR count). The largest absolute Gasteiger partial charge is 0.473 e. The van der Waals surface area contributed by atoms with Gasteiger partial charge in [0.1, 0.15) is 11.9 Å². The average Bonchev–Trinajstić information content (AvgIpc) is 3.38. The number of amides is 1. The van der Waals surface area contributed by atoms with Crippen molar-refractivity contribution in [1.82, 2.24) is 19.8 Å². The van der Waals surface area contributed by atoms with Crippen molar-refractivity contribution in [3.63, 3.8) is 0 Å². The molecule has 2 aromatic heterocycles. The van der Waals surface area contributed by atoms with Crippen molar-refractivity contribution in [3.8, 4) is 5.88 Å². The van der Waals surface area contributed by atoms with Crippen LogP contribution in [0.4, 0.5) is 4.39 Å². The van der Waals surface area contributed by atoms with Gasteiger partial charge in [0.2, 0.25) is 11.8 Å². The number of aryl methyl sites for hydroxylation is 1. The second-order valence-corrected chi connectivity index (χ2v) is 9.76. The van der Waals surface area contributed by atoms with E-state index in [1.54, 1.807) is 17.9 Å². The molecule has 1 aromatic carbocycles. The molecule has 0 aliphatic carbocycles. The third-order valence-electron chi connectivity index (χ3n) is 6.18. The van der Waals surface area contributed by atoms with Gasteiger partial charge < -0.3 is 9.64 Å². The first-order chi connectivity index (χ1) is 14.9. The summed E-state index contributed by atoms with van der Waals surface area (Å²) in [5, 5.41) is 0.947. The molecule has 1 unspecified atom stereocenters. The number of pyridine rings is 1. The van der Waals surface area contributed by atoms with Crippen LogP contribution in [0.5, 0.6) is 5.88 Å². The average molecular weight is 441 g/mol. The third kappa shape index (κ3) is 4.02. The number of aromatic nitrogens is 2. The number of ether oxygens (including phenoxy) is 1. The van der Waals surface area contributed by atoms with Gasteiger partial charge in [-0.15, -0.1) is 11.3 Å². The number of fused-ring (bicyclic) bond motifs is 2. The summed E-state index contributed by atoms with van der Waals surface area (Å²) in [6, 6.07) is 7.63. The van der Waals surface area contributed by atoms with E-state index in [0.717, 1.165) is 32.9 Å². The first-order valence-corrected chi connectivity index (χ1v) is 11.4. The van der Waals surface area contributed by atoms with Crippen LogP contribution in [-0.4, -0.2) is 44.4 Å². The molecule has 2 atom stereocenters. The van der Waals surface area contributed by atoms with Crippen LogP contribution in [0.25, 0.3) is 10.2 Å². The Hall–Kier alpha value is -2.58. The van der Waals surface area contributed by atoms with Crippen LogP contribution in [0, 0.1) is 12.7 Å². The predicted molar refractivity (Wildman–Crippen MR) is 117 cm³/mol. The van der Waals surface area contributed by atoms with Gasteiger partial charge in [0.15, 0.2) is 0 Å². The Kier molecular flexibility index (Phi) is 5.14. The first-order valence-electron chi connectivity index (χ1n) is 10.6. The fourth-order valence-corrected chi connectivity index (χ4v) is 5.33. The summed E-state index contributed by atoms with van der Waals surface area (Å²) in [5.74, 6) is 0.468. The lowest BCUT2D eigenvalue weighted by Gasteiger charge is -2.21. The number of hydrogen-bond acceptors (Lipinski definition) is 6. The van der Waals surface area contributed by atoms with Gasteiger partial charge in [-0.1, -0.05) is 0 Å². The molecule has 4 heterocycles. The Morgan fingerprint density at radius 2 is 2.13 bits per heavy atom. The van der Waals surface area contributed by atoms with E-state index in [1.165, 1.54) is 11.3 Å². The Bertz CT molecular complexity index is 1160. The Morgan fingerprint density at radius 1 is 1.29 bits per heavy atom. The second-order valence-electron chi connectivity index (χ2n) is 8.53.